The Morgan fingerprint density at radius 1 is 0.600 bits per heavy atom. The molecule has 0 radical (unpaired) electrons. The normalized spacial score (nSPS) is 11.3. The maximum atomic E-state index is 4.64. The molecule has 1 aromatic heterocycles. The molecular formula is C23H43NS. The van der Waals surface area contributed by atoms with Crippen LogP contribution in [0.1, 0.15) is 127 Å². The molecule has 0 saturated carbocycles. The number of rotatable bonds is 18. The van der Waals surface area contributed by atoms with Crippen molar-refractivity contribution in [1.29, 1.82) is 0 Å². The highest BCUT2D eigenvalue weighted by Gasteiger charge is 2.06. The van der Waals surface area contributed by atoms with E-state index in [9.17, 15) is 0 Å². The van der Waals surface area contributed by atoms with E-state index in [1.165, 1.54) is 121 Å². The van der Waals surface area contributed by atoms with Gasteiger partial charge in [-0.1, -0.05) is 104 Å². The zero-order chi connectivity index (χ0) is 18.0. The topological polar surface area (TPSA) is 12.9 Å². The third-order valence-electron chi connectivity index (χ3n) is 5.25. The molecule has 2 heteroatoms. The molecule has 0 fully saturated rings. The second-order valence-corrected chi connectivity index (χ2v) is 8.61. The van der Waals surface area contributed by atoms with Gasteiger partial charge in [0.1, 0.15) is 0 Å². The summed E-state index contributed by atoms with van der Waals surface area (Å²) in [4.78, 5) is 6.22. The number of thiazole rings is 1. The quantitative estimate of drug-likeness (QED) is 0.237. The molecule has 1 heterocycles. The van der Waals surface area contributed by atoms with Crippen LogP contribution in [0.25, 0.3) is 0 Å². The smallest absolute Gasteiger partial charge is 0.0797 e. The molecule has 0 aromatic carbocycles. The summed E-state index contributed by atoms with van der Waals surface area (Å²) in [6.07, 6.45) is 25.0. The predicted molar refractivity (Wildman–Crippen MR) is 115 cm³/mol. The molecule has 0 atom stereocenters. The third kappa shape index (κ3) is 12.6. The second-order valence-electron chi connectivity index (χ2n) is 7.67. The maximum Gasteiger partial charge on any atom is 0.0797 e. The van der Waals surface area contributed by atoms with Crippen LogP contribution in [0.3, 0.4) is 0 Å². The van der Waals surface area contributed by atoms with Crippen molar-refractivity contribution in [2.24, 2.45) is 0 Å². The minimum Gasteiger partial charge on any atom is -0.249 e. The van der Waals surface area contributed by atoms with E-state index in [4.69, 9.17) is 0 Å². The lowest BCUT2D eigenvalue weighted by atomic mass is 10.0. The largest absolute Gasteiger partial charge is 0.249 e. The van der Waals surface area contributed by atoms with Crippen molar-refractivity contribution in [3.8, 4) is 0 Å². The summed E-state index contributed by atoms with van der Waals surface area (Å²) in [6.45, 7) is 4.58. The van der Waals surface area contributed by atoms with Crippen molar-refractivity contribution in [2.45, 2.75) is 129 Å². The molecule has 0 aliphatic carbocycles. The summed E-state index contributed by atoms with van der Waals surface area (Å²) in [5, 5.41) is 0. The fraction of sp³-hybridized carbons (Fsp3) is 0.870. The highest BCUT2D eigenvalue weighted by atomic mass is 32.1. The van der Waals surface area contributed by atoms with Crippen LogP contribution >= 0.6 is 11.3 Å². The first-order chi connectivity index (χ1) is 12.4. The fourth-order valence-corrected chi connectivity index (χ4v) is 4.41. The van der Waals surface area contributed by atoms with E-state index in [-0.39, 0.29) is 0 Å². The molecule has 1 aromatic rings. The molecule has 0 aliphatic rings. The minimum atomic E-state index is 1.21. The summed E-state index contributed by atoms with van der Waals surface area (Å²) in [6, 6.07) is 0. The summed E-state index contributed by atoms with van der Waals surface area (Å²) in [7, 11) is 0. The Hall–Kier alpha value is -0.370. The maximum absolute atomic E-state index is 4.64. The molecule has 1 rings (SSSR count). The lowest BCUT2D eigenvalue weighted by molar-refractivity contribution is 0.570. The molecule has 0 bridgehead atoms. The predicted octanol–water partition coefficient (Wildman–Crippen LogP) is 8.51. The van der Waals surface area contributed by atoms with Gasteiger partial charge in [0, 0.05) is 4.88 Å². The monoisotopic (exact) mass is 365 g/mol. The summed E-state index contributed by atoms with van der Waals surface area (Å²) < 4.78 is 0. The molecule has 0 aliphatic heterocycles. The van der Waals surface area contributed by atoms with Gasteiger partial charge in [0.25, 0.3) is 0 Å². The SMILES string of the molecule is CCCCCCCCCCc1ncsc1CCCCCCCCCC. The van der Waals surface area contributed by atoms with E-state index in [1.807, 2.05) is 11.3 Å². The Morgan fingerprint density at radius 2 is 1.04 bits per heavy atom. The van der Waals surface area contributed by atoms with Gasteiger partial charge in [-0.05, 0) is 25.7 Å². The number of aromatic nitrogens is 1. The summed E-state index contributed by atoms with van der Waals surface area (Å²) >= 11 is 1.89. The lowest BCUT2D eigenvalue weighted by Gasteiger charge is -2.04. The van der Waals surface area contributed by atoms with Crippen molar-refractivity contribution in [3.63, 3.8) is 0 Å². The van der Waals surface area contributed by atoms with E-state index < -0.39 is 0 Å². The first kappa shape index (κ1) is 22.7. The fourth-order valence-electron chi connectivity index (χ4n) is 3.55. The van der Waals surface area contributed by atoms with Crippen LogP contribution in [0.15, 0.2) is 5.51 Å². The molecule has 0 spiro atoms. The molecule has 146 valence electrons. The van der Waals surface area contributed by atoms with Crippen molar-refractivity contribution in [1.82, 2.24) is 4.98 Å². The van der Waals surface area contributed by atoms with Gasteiger partial charge in [-0.2, -0.15) is 0 Å². The first-order valence-corrected chi connectivity index (χ1v) is 12.2. The zero-order valence-electron chi connectivity index (χ0n) is 17.2. The van der Waals surface area contributed by atoms with Gasteiger partial charge in [0.2, 0.25) is 0 Å². The third-order valence-corrected chi connectivity index (χ3v) is 6.18. The number of unbranched alkanes of at least 4 members (excludes halogenated alkanes) is 14. The van der Waals surface area contributed by atoms with Crippen LogP contribution < -0.4 is 0 Å². The van der Waals surface area contributed by atoms with Gasteiger partial charge in [0.05, 0.1) is 11.2 Å². The van der Waals surface area contributed by atoms with Crippen LogP contribution in [-0.2, 0) is 12.8 Å². The van der Waals surface area contributed by atoms with E-state index in [0.717, 1.165) is 0 Å². The van der Waals surface area contributed by atoms with Crippen molar-refractivity contribution in [3.05, 3.63) is 16.1 Å². The van der Waals surface area contributed by atoms with Crippen molar-refractivity contribution >= 4 is 11.3 Å². The Balaban J connectivity index is 2.00. The Bertz CT molecular complexity index is 351. The zero-order valence-corrected chi connectivity index (χ0v) is 18.0. The molecule has 0 saturated heterocycles. The van der Waals surface area contributed by atoms with Crippen LogP contribution in [0.2, 0.25) is 0 Å². The van der Waals surface area contributed by atoms with Crippen molar-refractivity contribution < 1.29 is 0 Å². The minimum absolute atomic E-state index is 1.21. The molecule has 25 heavy (non-hydrogen) atoms. The van der Waals surface area contributed by atoms with Crippen LogP contribution in [0, 0.1) is 0 Å². The van der Waals surface area contributed by atoms with Gasteiger partial charge in [-0.15, -0.1) is 11.3 Å². The van der Waals surface area contributed by atoms with E-state index in [2.05, 4.69) is 24.3 Å². The van der Waals surface area contributed by atoms with Gasteiger partial charge in [-0.3, -0.25) is 0 Å². The van der Waals surface area contributed by atoms with Crippen molar-refractivity contribution in [2.75, 3.05) is 0 Å². The van der Waals surface area contributed by atoms with E-state index >= 15 is 0 Å². The highest BCUT2D eigenvalue weighted by molar-refractivity contribution is 7.09. The van der Waals surface area contributed by atoms with Crippen LogP contribution in [-0.4, -0.2) is 4.98 Å². The number of hydrogen-bond acceptors (Lipinski definition) is 2. The summed E-state index contributed by atoms with van der Waals surface area (Å²) in [5.74, 6) is 0. The number of aryl methyl sites for hydroxylation is 2. The van der Waals surface area contributed by atoms with Crippen LogP contribution in [0.5, 0.6) is 0 Å². The Kier molecular flexibility index (Phi) is 15.5. The Morgan fingerprint density at radius 3 is 1.56 bits per heavy atom. The molecule has 0 N–H and O–H groups in total. The van der Waals surface area contributed by atoms with Gasteiger partial charge in [0.15, 0.2) is 0 Å². The number of hydrogen-bond donors (Lipinski definition) is 0. The van der Waals surface area contributed by atoms with Crippen LogP contribution in [0.4, 0.5) is 0 Å². The van der Waals surface area contributed by atoms with Gasteiger partial charge < -0.3 is 0 Å². The first-order valence-electron chi connectivity index (χ1n) is 11.3. The average molecular weight is 366 g/mol. The molecule has 1 nitrogen and oxygen atoms in total. The standard InChI is InChI=1S/C23H43NS/c1-3-5-7-9-11-13-15-17-19-22-23(25-21-24-22)20-18-16-14-12-10-8-6-4-2/h21H,3-20H2,1-2H3. The molecule has 0 amide bonds. The summed E-state index contributed by atoms with van der Waals surface area (Å²) in [5.41, 5.74) is 3.49. The number of nitrogens with zero attached hydrogens (tertiary/aromatic N) is 1. The van der Waals surface area contributed by atoms with Gasteiger partial charge >= 0.3 is 0 Å². The molecule has 0 unspecified atom stereocenters. The van der Waals surface area contributed by atoms with E-state index in [0.29, 0.717) is 0 Å². The second kappa shape index (κ2) is 17.1. The molecular weight excluding hydrogens is 322 g/mol. The van der Waals surface area contributed by atoms with E-state index in [1.54, 1.807) is 4.88 Å². The van der Waals surface area contributed by atoms with Gasteiger partial charge in [-0.25, -0.2) is 4.98 Å². The highest BCUT2D eigenvalue weighted by Crippen LogP contribution is 2.20. The Labute approximate surface area is 162 Å². The average Bonchev–Trinajstić information content (AvgIpc) is 3.07. The lowest BCUT2D eigenvalue weighted by Crippen LogP contribution is -1.93.